The van der Waals surface area contributed by atoms with E-state index in [1.807, 2.05) is 19.1 Å². The lowest BCUT2D eigenvalue weighted by Gasteiger charge is -2.25. The Morgan fingerprint density at radius 3 is 2.97 bits per heavy atom. The number of carbonyl (C=O) groups excluding carboxylic acids is 1. The van der Waals surface area contributed by atoms with E-state index in [4.69, 9.17) is 30.5 Å². The predicted molar refractivity (Wildman–Crippen MR) is 115 cm³/mol. The van der Waals surface area contributed by atoms with Crippen LogP contribution in [0.5, 0.6) is 17.2 Å². The zero-order valence-electron chi connectivity index (χ0n) is 17.5. The normalized spacial score (nSPS) is 17.0. The second kappa shape index (κ2) is 11.2. The summed E-state index contributed by atoms with van der Waals surface area (Å²) >= 11 is 5.86. The van der Waals surface area contributed by atoms with Crippen molar-refractivity contribution in [1.82, 2.24) is 10.3 Å². The molecule has 9 heteroatoms. The molecule has 3 atom stereocenters. The quantitative estimate of drug-likeness (QED) is 0.532. The van der Waals surface area contributed by atoms with Crippen molar-refractivity contribution in [1.29, 1.82) is 0 Å². The largest absolute Gasteiger partial charge is 0.489 e. The smallest absolute Gasteiger partial charge is 0.350 e. The molecule has 8 nitrogen and oxygen atoms in total. The number of aliphatic hydroxyl groups is 1. The number of hydrogen-bond acceptors (Lipinski definition) is 8. The molecule has 0 spiro atoms. The van der Waals surface area contributed by atoms with Gasteiger partial charge in [-0.15, -0.1) is 0 Å². The first kappa shape index (κ1) is 23.1. The number of nitrogens with one attached hydrogen (secondary N) is 1. The van der Waals surface area contributed by atoms with Gasteiger partial charge in [-0.3, -0.25) is 4.98 Å². The van der Waals surface area contributed by atoms with E-state index in [0.29, 0.717) is 35.4 Å². The van der Waals surface area contributed by atoms with Crippen LogP contribution >= 0.6 is 11.6 Å². The number of esters is 1. The minimum absolute atomic E-state index is 0.109. The molecule has 2 N–H and O–H groups in total. The molecular formula is C22H27ClN2O6. The highest BCUT2D eigenvalue weighted by atomic mass is 35.5. The van der Waals surface area contributed by atoms with E-state index < -0.39 is 18.2 Å². The summed E-state index contributed by atoms with van der Waals surface area (Å²) in [6.45, 7) is 4.71. The fourth-order valence-corrected chi connectivity index (χ4v) is 3.24. The molecule has 0 bridgehead atoms. The lowest BCUT2D eigenvalue weighted by atomic mass is 10.1. The second-order valence-corrected chi connectivity index (χ2v) is 7.70. The van der Waals surface area contributed by atoms with E-state index in [0.717, 1.165) is 12.0 Å². The maximum absolute atomic E-state index is 11.8. The van der Waals surface area contributed by atoms with Crippen molar-refractivity contribution < 1.29 is 28.8 Å². The summed E-state index contributed by atoms with van der Waals surface area (Å²) in [5.74, 6) is 1.22. The molecule has 1 aliphatic rings. The van der Waals surface area contributed by atoms with E-state index >= 15 is 0 Å². The lowest BCUT2D eigenvalue weighted by Crippen LogP contribution is -2.38. The number of ether oxygens (including phenoxy) is 4. The van der Waals surface area contributed by atoms with Crippen molar-refractivity contribution in [2.75, 3.05) is 26.4 Å². The minimum Gasteiger partial charge on any atom is -0.489 e. The number of fused-ring (bicyclic) bond motifs is 1. The Bertz CT molecular complexity index is 881. The molecular weight excluding hydrogens is 424 g/mol. The fraction of sp³-hybridized carbons (Fsp3) is 0.455. The van der Waals surface area contributed by atoms with Crippen molar-refractivity contribution in [2.45, 2.75) is 38.5 Å². The molecule has 0 saturated heterocycles. The van der Waals surface area contributed by atoms with Crippen LogP contribution in [0.3, 0.4) is 0 Å². The molecule has 1 aromatic heterocycles. The number of carbonyl (C=O) groups is 1. The Hall–Kier alpha value is -2.55. The summed E-state index contributed by atoms with van der Waals surface area (Å²) < 4.78 is 21.8. The molecule has 1 aliphatic heterocycles. The summed E-state index contributed by atoms with van der Waals surface area (Å²) in [5.41, 5.74) is 1.05. The molecule has 0 fully saturated rings. The van der Waals surface area contributed by atoms with Crippen LogP contribution in [0.4, 0.5) is 0 Å². The summed E-state index contributed by atoms with van der Waals surface area (Å²) in [5, 5.41) is 13.9. The van der Waals surface area contributed by atoms with Crippen molar-refractivity contribution in [3.63, 3.8) is 0 Å². The molecule has 1 aromatic carbocycles. The third-order valence-corrected chi connectivity index (χ3v) is 4.79. The summed E-state index contributed by atoms with van der Waals surface area (Å²) in [7, 11) is 0. The van der Waals surface area contributed by atoms with Crippen LogP contribution in [-0.2, 0) is 16.0 Å². The van der Waals surface area contributed by atoms with Crippen molar-refractivity contribution in [3.8, 4) is 17.2 Å². The van der Waals surface area contributed by atoms with Crippen LogP contribution in [0.2, 0.25) is 5.02 Å². The Labute approximate surface area is 186 Å². The van der Waals surface area contributed by atoms with Crippen LogP contribution < -0.4 is 19.5 Å². The van der Waals surface area contributed by atoms with Crippen LogP contribution in [0.1, 0.15) is 19.4 Å². The third kappa shape index (κ3) is 6.99. The number of hydrogen-bond donors (Lipinski definition) is 2. The Balaban J connectivity index is 1.43. The van der Waals surface area contributed by atoms with E-state index in [-0.39, 0.29) is 19.3 Å². The van der Waals surface area contributed by atoms with Crippen LogP contribution in [-0.4, -0.2) is 60.7 Å². The van der Waals surface area contributed by atoms with Gasteiger partial charge in [-0.2, -0.15) is 0 Å². The van der Waals surface area contributed by atoms with Crippen molar-refractivity contribution >= 4 is 17.6 Å². The Morgan fingerprint density at radius 1 is 1.35 bits per heavy atom. The fourth-order valence-electron chi connectivity index (χ4n) is 3.08. The lowest BCUT2D eigenvalue weighted by molar-refractivity contribution is -0.153. The zero-order chi connectivity index (χ0) is 22.2. The number of pyridine rings is 1. The number of halogens is 1. The van der Waals surface area contributed by atoms with Gasteiger partial charge >= 0.3 is 5.97 Å². The average molecular weight is 451 g/mol. The predicted octanol–water partition coefficient (Wildman–Crippen LogP) is 2.40. The Kier molecular flexibility index (Phi) is 8.34. The Morgan fingerprint density at radius 2 is 2.19 bits per heavy atom. The molecule has 0 amide bonds. The summed E-state index contributed by atoms with van der Waals surface area (Å²) in [6, 6.07) is 7.39. The third-order valence-electron chi connectivity index (χ3n) is 4.58. The van der Waals surface area contributed by atoms with Crippen molar-refractivity contribution in [3.05, 3.63) is 47.2 Å². The van der Waals surface area contributed by atoms with Gasteiger partial charge in [0.25, 0.3) is 0 Å². The molecule has 3 rings (SSSR count). The van der Waals surface area contributed by atoms with Crippen molar-refractivity contribution in [2.24, 2.45) is 0 Å². The van der Waals surface area contributed by atoms with E-state index in [2.05, 4.69) is 10.3 Å². The second-order valence-electron chi connectivity index (χ2n) is 7.27. The highest BCUT2D eigenvalue weighted by Gasteiger charge is 2.28. The minimum atomic E-state index is -0.745. The highest BCUT2D eigenvalue weighted by Crippen LogP contribution is 2.33. The molecule has 0 aliphatic carbocycles. The molecule has 168 valence electrons. The van der Waals surface area contributed by atoms with Gasteiger partial charge in [0.15, 0.2) is 11.5 Å². The molecule has 31 heavy (non-hydrogen) atoms. The maximum atomic E-state index is 11.8. The number of aromatic nitrogens is 1. The first-order valence-corrected chi connectivity index (χ1v) is 10.6. The average Bonchev–Trinajstić information content (AvgIpc) is 2.76. The molecule has 2 aromatic rings. The van der Waals surface area contributed by atoms with Gasteiger partial charge in [0.2, 0.25) is 6.10 Å². The van der Waals surface area contributed by atoms with E-state index in [9.17, 15) is 9.90 Å². The zero-order valence-corrected chi connectivity index (χ0v) is 18.3. The summed E-state index contributed by atoms with van der Waals surface area (Å²) in [6.07, 6.45) is 2.37. The van der Waals surface area contributed by atoms with E-state index in [1.54, 1.807) is 25.3 Å². The standard InChI is InChI=1S/C22H27ClN2O6/c1-3-28-22(27)21-13-30-20-7-15(4-5-19(20)31-21)6-14(2)25-10-17(26)12-29-18-8-16(23)9-24-11-18/h4-5,7-9,11,14,17,21,25-26H,3,6,10,12-13H2,1-2H3/t14-,17+,21?/m1/s1. The van der Waals surface area contributed by atoms with Gasteiger partial charge in [-0.25, -0.2) is 4.79 Å². The van der Waals surface area contributed by atoms with Gasteiger partial charge in [0.1, 0.15) is 25.1 Å². The molecule has 0 radical (unpaired) electrons. The molecule has 2 heterocycles. The van der Waals surface area contributed by atoms with Crippen LogP contribution in [0.25, 0.3) is 0 Å². The van der Waals surface area contributed by atoms with Gasteiger partial charge in [0.05, 0.1) is 17.8 Å². The van der Waals surface area contributed by atoms with E-state index in [1.165, 1.54) is 6.20 Å². The van der Waals surface area contributed by atoms with Gasteiger partial charge in [-0.1, -0.05) is 17.7 Å². The number of aliphatic hydroxyl groups excluding tert-OH is 1. The van der Waals surface area contributed by atoms with Crippen LogP contribution in [0, 0.1) is 0 Å². The van der Waals surface area contributed by atoms with Gasteiger partial charge in [-0.05, 0) is 38.0 Å². The number of rotatable bonds is 10. The SMILES string of the molecule is CCOC(=O)C1COc2cc(C[C@@H](C)NC[C@H](O)COc3cncc(Cl)c3)ccc2O1. The first-order valence-electron chi connectivity index (χ1n) is 10.2. The molecule has 1 unspecified atom stereocenters. The van der Waals surface area contributed by atoms with Gasteiger partial charge < -0.3 is 29.4 Å². The van der Waals surface area contributed by atoms with Gasteiger partial charge in [0, 0.05) is 24.8 Å². The summed E-state index contributed by atoms with van der Waals surface area (Å²) in [4.78, 5) is 15.8. The topological polar surface area (TPSA) is 99.1 Å². The molecule has 0 saturated carbocycles. The first-order chi connectivity index (χ1) is 14.9. The number of benzene rings is 1. The highest BCUT2D eigenvalue weighted by molar-refractivity contribution is 6.30. The number of nitrogens with zero attached hydrogens (tertiary/aromatic N) is 1. The van der Waals surface area contributed by atoms with Crippen LogP contribution in [0.15, 0.2) is 36.7 Å². The monoisotopic (exact) mass is 450 g/mol. The maximum Gasteiger partial charge on any atom is 0.350 e.